The number of hydrogen-bond donors (Lipinski definition) is 2. The van der Waals surface area contributed by atoms with Crippen LogP contribution in [0.25, 0.3) is 0 Å². The Morgan fingerprint density at radius 1 is 1.56 bits per heavy atom. The molecular formula is C12H15N5S. The molecule has 0 spiro atoms. The first kappa shape index (κ1) is 12.5. The van der Waals surface area contributed by atoms with Crippen molar-refractivity contribution in [3.63, 3.8) is 0 Å². The zero-order valence-corrected chi connectivity index (χ0v) is 11.2. The number of aryl methyl sites for hydroxylation is 1. The molecule has 0 radical (unpaired) electrons. The van der Waals surface area contributed by atoms with Crippen LogP contribution in [0.4, 0.5) is 5.69 Å². The lowest BCUT2D eigenvalue weighted by Gasteiger charge is -2.20. The largest absolute Gasteiger partial charge is 0.382 e. The Labute approximate surface area is 110 Å². The molecule has 0 saturated carbocycles. The Hall–Kier alpha value is -1.95. The lowest BCUT2D eigenvalue weighted by atomic mass is 10.2. The molecule has 5 nitrogen and oxygen atoms in total. The number of pyridine rings is 1. The average Bonchev–Trinajstić information content (AvgIpc) is 2.74. The third kappa shape index (κ3) is 2.65. The molecule has 18 heavy (non-hydrogen) atoms. The van der Waals surface area contributed by atoms with E-state index < -0.39 is 0 Å². The Balaban J connectivity index is 2.23. The zero-order chi connectivity index (χ0) is 13.1. The normalized spacial score (nSPS) is 10.3. The van der Waals surface area contributed by atoms with Crippen LogP contribution in [-0.2, 0) is 6.54 Å². The first-order valence-electron chi connectivity index (χ1n) is 5.49. The summed E-state index contributed by atoms with van der Waals surface area (Å²) >= 11 is 1.63. The molecule has 0 amide bonds. The van der Waals surface area contributed by atoms with Crippen molar-refractivity contribution in [1.82, 2.24) is 9.97 Å². The van der Waals surface area contributed by atoms with E-state index in [4.69, 9.17) is 11.1 Å². The van der Waals surface area contributed by atoms with Gasteiger partial charge in [-0.05, 0) is 19.1 Å². The Morgan fingerprint density at radius 3 is 2.94 bits per heavy atom. The van der Waals surface area contributed by atoms with E-state index in [1.165, 1.54) is 0 Å². The van der Waals surface area contributed by atoms with Crippen LogP contribution >= 0.6 is 11.3 Å². The van der Waals surface area contributed by atoms with Gasteiger partial charge in [0.2, 0.25) is 0 Å². The SMILES string of the molecule is Cc1nc(CN(C)c2cccnc2C(=N)N)cs1. The summed E-state index contributed by atoms with van der Waals surface area (Å²) in [6.45, 7) is 2.66. The van der Waals surface area contributed by atoms with Crippen LogP contribution in [0.15, 0.2) is 23.7 Å². The summed E-state index contributed by atoms with van der Waals surface area (Å²) in [4.78, 5) is 10.6. The number of rotatable bonds is 4. The molecule has 2 heterocycles. The number of aromatic nitrogens is 2. The fourth-order valence-electron chi connectivity index (χ4n) is 1.72. The van der Waals surface area contributed by atoms with Crippen molar-refractivity contribution in [3.05, 3.63) is 40.1 Å². The van der Waals surface area contributed by atoms with Gasteiger partial charge in [-0.1, -0.05) is 0 Å². The molecule has 0 aliphatic rings. The molecule has 0 fully saturated rings. The van der Waals surface area contributed by atoms with E-state index in [0.717, 1.165) is 16.4 Å². The highest BCUT2D eigenvalue weighted by atomic mass is 32.1. The summed E-state index contributed by atoms with van der Waals surface area (Å²) < 4.78 is 0. The fourth-order valence-corrected chi connectivity index (χ4v) is 2.33. The van der Waals surface area contributed by atoms with Crippen molar-refractivity contribution >= 4 is 22.9 Å². The van der Waals surface area contributed by atoms with Gasteiger partial charge in [-0.15, -0.1) is 11.3 Å². The Morgan fingerprint density at radius 2 is 2.33 bits per heavy atom. The van der Waals surface area contributed by atoms with Gasteiger partial charge in [0, 0.05) is 18.6 Å². The standard InChI is InChI=1S/C12H15N5S/c1-8-16-9(7-18-8)6-17(2)10-4-3-5-15-11(10)12(13)14/h3-5,7H,6H2,1-2H3,(H3,13,14). The van der Waals surface area contributed by atoms with Crippen molar-refractivity contribution < 1.29 is 0 Å². The molecule has 6 heteroatoms. The number of nitrogens with zero attached hydrogens (tertiary/aromatic N) is 3. The number of hydrogen-bond acceptors (Lipinski definition) is 5. The molecule has 0 atom stereocenters. The van der Waals surface area contributed by atoms with E-state index in [0.29, 0.717) is 12.2 Å². The van der Waals surface area contributed by atoms with E-state index in [-0.39, 0.29) is 5.84 Å². The van der Waals surface area contributed by atoms with Crippen LogP contribution in [0.5, 0.6) is 0 Å². The van der Waals surface area contributed by atoms with Gasteiger partial charge in [0.05, 0.1) is 22.9 Å². The molecule has 2 aromatic heterocycles. The maximum atomic E-state index is 7.53. The van der Waals surface area contributed by atoms with Crippen LogP contribution in [0.1, 0.15) is 16.4 Å². The summed E-state index contributed by atoms with van der Waals surface area (Å²) in [5.74, 6) is -0.0214. The minimum atomic E-state index is -0.0214. The number of nitrogen functional groups attached to an aromatic ring is 1. The first-order chi connectivity index (χ1) is 8.58. The predicted molar refractivity (Wildman–Crippen MR) is 74.2 cm³/mol. The lowest BCUT2D eigenvalue weighted by molar-refractivity contribution is 0.884. The smallest absolute Gasteiger partial charge is 0.143 e. The number of nitrogens with two attached hydrogens (primary N) is 1. The van der Waals surface area contributed by atoms with Crippen molar-refractivity contribution in [2.24, 2.45) is 5.73 Å². The number of nitrogens with one attached hydrogen (secondary N) is 1. The van der Waals surface area contributed by atoms with Gasteiger partial charge >= 0.3 is 0 Å². The van der Waals surface area contributed by atoms with Crippen molar-refractivity contribution in [1.29, 1.82) is 5.41 Å². The summed E-state index contributed by atoms with van der Waals surface area (Å²) in [5.41, 5.74) is 7.89. The topological polar surface area (TPSA) is 78.9 Å². The van der Waals surface area contributed by atoms with Crippen LogP contribution in [0.2, 0.25) is 0 Å². The Bertz CT molecular complexity index is 563. The van der Waals surface area contributed by atoms with Gasteiger partial charge in [0.1, 0.15) is 11.5 Å². The lowest BCUT2D eigenvalue weighted by Crippen LogP contribution is -2.23. The van der Waals surface area contributed by atoms with Gasteiger partial charge < -0.3 is 10.6 Å². The highest BCUT2D eigenvalue weighted by molar-refractivity contribution is 7.09. The Kier molecular flexibility index (Phi) is 3.57. The summed E-state index contributed by atoms with van der Waals surface area (Å²) in [5, 5.41) is 10.6. The van der Waals surface area contributed by atoms with Gasteiger partial charge in [0.15, 0.2) is 0 Å². The van der Waals surface area contributed by atoms with Gasteiger partial charge in [0.25, 0.3) is 0 Å². The molecule has 0 aromatic carbocycles. The minimum Gasteiger partial charge on any atom is -0.382 e. The summed E-state index contributed by atoms with van der Waals surface area (Å²) in [6.07, 6.45) is 1.64. The highest BCUT2D eigenvalue weighted by Crippen LogP contribution is 2.19. The summed E-state index contributed by atoms with van der Waals surface area (Å²) in [7, 11) is 1.94. The highest BCUT2D eigenvalue weighted by Gasteiger charge is 2.11. The van der Waals surface area contributed by atoms with Crippen molar-refractivity contribution in [2.45, 2.75) is 13.5 Å². The van der Waals surface area contributed by atoms with Crippen LogP contribution in [0, 0.1) is 12.3 Å². The molecular weight excluding hydrogens is 246 g/mol. The van der Waals surface area contributed by atoms with Crippen molar-refractivity contribution in [3.8, 4) is 0 Å². The second-order valence-corrected chi connectivity index (χ2v) is 5.06. The molecule has 0 unspecified atom stereocenters. The van der Waals surface area contributed by atoms with Crippen LogP contribution < -0.4 is 10.6 Å². The summed E-state index contributed by atoms with van der Waals surface area (Å²) in [6, 6.07) is 3.74. The first-order valence-corrected chi connectivity index (χ1v) is 6.37. The van der Waals surface area contributed by atoms with Gasteiger partial charge in [-0.2, -0.15) is 0 Å². The molecule has 0 bridgehead atoms. The maximum Gasteiger partial charge on any atom is 0.143 e. The van der Waals surface area contributed by atoms with E-state index in [1.807, 2.05) is 36.4 Å². The molecule has 0 aliphatic carbocycles. The number of anilines is 1. The third-order valence-corrected chi connectivity index (χ3v) is 3.34. The predicted octanol–water partition coefficient (Wildman–Crippen LogP) is 1.77. The fraction of sp³-hybridized carbons (Fsp3) is 0.250. The minimum absolute atomic E-state index is 0.0214. The van der Waals surface area contributed by atoms with E-state index in [2.05, 4.69) is 9.97 Å². The van der Waals surface area contributed by atoms with Gasteiger partial charge in [-0.25, -0.2) is 4.98 Å². The molecule has 2 aromatic rings. The third-order valence-electron chi connectivity index (χ3n) is 2.52. The van der Waals surface area contributed by atoms with E-state index in [9.17, 15) is 0 Å². The number of amidine groups is 1. The van der Waals surface area contributed by atoms with Crippen LogP contribution in [0.3, 0.4) is 0 Å². The van der Waals surface area contributed by atoms with Crippen LogP contribution in [-0.4, -0.2) is 22.9 Å². The second kappa shape index (κ2) is 5.14. The van der Waals surface area contributed by atoms with E-state index >= 15 is 0 Å². The van der Waals surface area contributed by atoms with Crippen molar-refractivity contribution in [2.75, 3.05) is 11.9 Å². The zero-order valence-electron chi connectivity index (χ0n) is 10.3. The van der Waals surface area contributed by atoms with Gasteiger partial charge in [-0.3, -0.25) is 10.4 Å². The molecule has 3 N–H and O–H groups in total. The average molecular weight is 261 g/mol. The monoisotopic (exact) mass is 261 g/mol. The molecule has 0 aliphatic heterocycles. The maximum absolute atomic E-state index is 7.53. The molecule has 94 valence electrons. The molecule has 0 saturated heterocycles. The second-order valence-electron chi connectivity index (χ2n) is 4.00. The number of thiazole rings is 1. The molecule has 2 rings (SSSR count). The quantitative estimate of drug-likeness (QED) is 0.649. The van der Waals surface area contributed by atoms with E-state index in [1.54, 1.807) is 17.5 Å².